The van der Waals surface area contributed by atoms with Crippen LogP contribution in [0.2, 0.25) is 0 Å². The highest BCUT2D eigenvalue weighted by Crippen LogP contribution is 2.36. The van der Waals surface area contributed by atoms with E-state index in [4.69, 9.17) is 5.73 Å². The summed E-state index contributed by atoms with van der Waals surface area (Å²) in [6.45, 7) is 2.12. The number of benzene rings is 6. The highest BCUT2D eigenvalue weighted by Gasteiger charge is 2.16. The Balaban J connectivity index is 1.26. The summed E-state index contributed by atoms with van der Waals surface area (Å²) in [6, 6.07) is 53.9. The minimum Gasteiger partial charge on any atom is -0.396 e. The number of allylic oxidation sites excluding steroid dienone is 1. The summed E-state index contributed by atoms with van der Waals surface area (Å²) in [5.74, 6) is 0. The predicted octanol–water partition coefficient (Wildman–Crippen LogP) is 10.8. The number of fused-ring (bicyclic) bond motifs is 1. The van der Waals surface area contributed by atoms with Crippen LogP contribution in [0.4, 0.5) is 5.69 Å². The molecule has 0 saturated carbocycles. The van der Waals surface area contributed by atoms with Crippen LogP contribution in [0.3, 0.4) is 0 Å². The van der Waals surface area contributed by atoms with E-state index >= 15 is 0 Å². The molecule has 2 nitrogen and oxygen atoms in total. The van der Waals surface area contributed by atoms with Gasteiger partial charge >= 0.3 is 0 Å². The Hall–Kier alpha value is -5.60. The number of hydrogen-bond donors (Lipinski definition) is 1. The van der Waals surface area contributed by atoms with E-state index in [1.807, 2.05) is 6.07 Å². The van der Waals surface area contributed by atoms with Gasteiger partial charge in [0.05, 0.1) is 16.9 Å². The maximum atomic E-state index is 6.96. The third kappa shape index (κ3) is 5.46. The van der Waals surface area contributed by atoms with Crippen molar-refractivity contribution >= 4 is 22.7 Å². The number of aryl methyl sites for hydroxylation is 1. The SMILES string of the molecule is Cc1ccc(-c2ccc3c(c2)c(N)c(/C=C\Cc2ccc(-c4ccccc4)cc2)n3-c2ccc(-c3ccccc3)cc2)cc1. The van der Waals surface area contributed by atoms with Gasteiger partial charge in [-0.25, -0.2) is 0 Å². The van der Waals surface area contributed by atoms with Gasteiger partial charge in [-0.3, -0.25) is 0 Å². The zero-order chi connectivity index (χ0) is 29.9. The summed E-state index contributed by atoms with van der Waals surface area (Å²) in [5, 5.41) is 1.06. The van der Waals surface area contributed by atoms with Crippen LogP contribution in [-0.4, -0.2) is 4.57 Å². The lowest BCUT2D eigenvalue weighted by Crippen LogP contribution is -1.98. The predicted molar refractivity (Wildman–Crippen MR) is 188 cm³/mol. The average Bonchev–Trinajstić information content (AvgIpc) is 3.36. The molecule has 2 N–H and O–H groups in total. The van der Waals surface area contributed by atoms with Crippen molar-refractivity contribution in [3.63, 3.8) is 0 Å². The number of nitrogens with two attached hydrogens (primary N) is 1. The molecule has 0 saturated heterocycles. The maximum Gasteiger partial charge on any atom is 0.0695 e. The summed E-state index contributed by atoms with van der Waals surface area (Å²) >= 11 is 0. The van der Waals surface area contributed by atoms with Crippen molar-refractivity contribution < 1.29 is 0 Å². The molecule has 0 amide bonds. The van der Waals surface area contributed by atoms with Crippen molar-refractivity contribution in [2.75, 3.05) is 5.73 Å². The Morgan fingerprint density at radius 1 is 0.545 bits per heavy atom. The summed E-state index contributed by atoms with van der Waals surface area (Å²) in [5.41, 5.74) is 20.6. The second-order valence-electron chi connectivity index (χ2n) is 11.3. The fraction of sp³-hybridized carbons (Fsp3) is 0.0476. The van der Waals surface area contributed by atoms with Gasteiger partial charge in [-0.15, -0.1) is 0 Å². The van der Waals surface area contributed by atoms with Crippen molar-refractivity contribution in [1.29, 1.82) is 0 Å². The molecule has 0 radical (unpaired) electrons. The highest BCUT2D eigenvalue weighted by molar-refractivity contribution is 6.00. The van der Waals surface area contributed by atoms with E-state index in [0.717, 1.165) is 40.0 Å². The van der Waals surface area contributed by atoms with E-state index in [-0.39, 0.29) is 0 Å². The second kappa shape index (κ2) is 11.9. The van der Waals surface area contributed by atoms with Crippen LogP contribution < -0.4 is 5.73 Å². The number of anilines is 1. The van der Waals surface area contributed by atoms with Crippen molar-refractivity contribution in [2.24, 2.45) is 0 Å². The van der Waals surface area contributed by atoms with Crippen molar-refractivity contribution in [3.05, 3.63) is 175 Å². The molecule has 0 fully saturated rings. The van der Waals surface area contributed by atoms with Gasteiger partial charge in [0, 0.05) is 11.1 Å². The quantitative estimate of drug-likeness (QED) is 0.204. The van der Waals surface area contributed by atoms with Crippen LogP contribution in [0.25, 0.3) is 56.0 Å². The molecule has 7 aromatic rings. The smallest absolute Gasteiger partial charge is 0.0695 e. The standard InChI is InChI=1S/C42H34N2/c1-30-15-19-36(20-16-30)37-25-28-40-39(29-37)42(43)41(44(40)38-26-23-35(24-27-38)33-12-6-3-7-13-33)14-8-9-31-17-21-34(22-18-31)32-10-4-2-5-11-32/h2-8,10-29H,9,43H2,1H3/b14-8-. The van der Waals surface area contributed by atoms with E-state index in [1.165, 1.54) is 38.9 Å². The fourth-order valence-electron chi connectivity index (χ4n) is 5.91. The molecule has 0 aliphatic heterocycles. The zero-order valence-electron chi connectivity index (χ0n) is 24.8. The molecular formula is C42H34N2. The molecule has 0 aliphatic rings. The summed E-state index contributed by atoms with van der Waals surface area (Å²) in [7, 11) is 0. The fourth-order valence-corrected chi connectivity index (χ4v) is 5.91. The first-order valence-corrected chi connectivity index (χ1v) is 15.1. The van der Waals surface area contributed by atoms with Crippen molar-refractivity contribution in [1.82, 2.24) is 4.57 Å². The maximum absolute atomic E-state index is 6.96. The first kappa shape index (κ1) is 27.2. The van der Waals surface area contributed by atoms with Gasteiger partial charge < -0.3 is 10.3 Å². The molecule has 1 heterocycles. The largest absolute Gasteiger partial charge is 0.396 e. The highest BCUT2D eigenvalue weighted by atomic mass is 15.0. The third-order valence-electron chi connectivity index (χ3n) is 8.35. The number of aromatic nitrogens is 1. The van der Waals surface area contributed by atoms with Gasteiger partial charge in [0.1, 0.15) is 0 Å². The van der Waals surface area contributed by atoms with Crippen LogP contribution >= 0.6 is 0 Å². The van der Waals surface area contributed by atoms with E-state index in [1.54, 1.807) is 0 Å². The van der Waals surface area contributed by atoms with E-state index in [2.05, 4.69) is 169 Å². The van der Waals surface area contributed by atoms with Crippen LogP contribution in [0.1, 0.15) is 16.8 Å². The molecule has 2 heteroatoms. The molecule has 0 unspecified atom stereocenters. The summed E-state index contributed by atoms with van der Waals surface area (Å²) in [6.07, 6.45) is 5.21. The first-order chi connectivity index (χ1) is 21.6. The minimum absolute atomic E-state index is 0.789. The Bertz CT molecular complexity index is 2050. The lowest BCUT2D eigenvalue weighted by atomic mass is 10.0. The van der Waals surface area contributed by atoms with Crippen molar-refractivity contribution in [3.8, 4) is 39.1 Å². The van der Waals surface area contributed by atoms with Crippen LogP contribution in [-0.2, 0) is 6.42 Å². The lowest BCUT2D eigenvalue weighted by Gasteiger charge is -2.11. The van der Waals surface area contributed by atoms with E-state index in [0.29, 0.717) is 0 Å². The topological polar surface area (TPSA) is 30.9 Å². The Morgan fingerprint density at radius 2 is 1.05 bits per heavy atom. The molecule has 7 rings (SSSR count). The van der Waals surface area contributed by atoms with Crippen LogP contribution in [0.15, 0.2) is 158 Å². The molecule has 0 atom stereocenters. The van der Waals surface area contributed by atoms with Crippen LogP contribution in [0.5, 0.6) is 0 Å². The molecule has 6 aromatic carbocycles. The van der Waals surface area contributed by atoms with Gasteiger partial charge in [0.15, 0.2) is 0 Å². The lowest BCUT2D eigenvalue weighted by molar-refractivity contribution is 1.11. The molecule has 0 spiro atoms. The number of nitrogens with zero attached hydrogens (tertiary/aromatic N) is 1. The van der Waals surface area contributed by atoms with Gasteiger partial charge in [-0.2, -0.15) is 0 Å². The average molecular weight is 567 g/mol. The summed E-state index contributed by atoms with van der Waals surface area (Å²) in [4.78, 5) is 0. The molecule has 0 aliphatic carbocycles. The normalized spacial score (nSPS) is 11.4. The Kier molecular flexibility index (Phi) is 7.40. The Labute approximate surface area is 259 Å². The van der Waals surface area contributed by atoms with Crippen LogP contribution in [0, 0.1) is 6.92 Å². The third-order valence-corrected chi connectivity index (χ3v) is 8.35. The molecule has 212 valence electrons. The number of hydrogen-bond acceptors (Lipinski definition) is 1. The first-order valence-electron chi connectivity index (χ1n) is 15.1. The summed E-state index contributed by atoms with van der Waals surface area (Å²) < 4.78 is 2.29. The van der Waals surface area contributed by atoms with E-state index in [9.17, 15) is 0 Å². The molecule has 1 aromatic heterocycles. The zero-order valence-corrected chi connectivity index (χ0v) is 24.8. The monoisotopic (exact) mass is 566 g/mol. The Morgan fingerprint density at radius 3 is 1.66 bits per heavy atom. The van der Waals surface area contributed by atoms with Gasteiger partial charge in [-0.1, -0.05) is 139 Å². The minimum atomic E-state index is 0.789. The van der Waals surface area contributed by atoms with Crippen molar-refractivity contribution in [2.45, 2.75) is 13.3 Å². The number of nitrogen functional groups attached to an aromatic ring is 1. The van der Waals surface area contributed by atoms with Gasteiger partial charge in [0.2, 0.25) is 0 Å². The van der Waals surface area contributed by atoms with Gasteiger partial charge in [0.25, 0.3) is 0 Å². The molecule has 44 heavy (non-hydrogen) atoms. The molecule has 0 bridgehead atoms. The second-order valence-corrected chi connectivity index (χ2v) is 11.3. The molecular weight excluding hydrogens is 532 g/mol. The van der Waals surface area contributed by atoms with E-state index < -0.39 is 0 Å². The number of rotatable bonds is 7. The van der Waals surface area contributed by atoms with Gasteiger partial charge in [-0.05, 0) is 82.6 Å².